The van der Waals surface area contributed by atoms with E-state index < -0.39 is 18.2 Å². The number of hydrogen-bond acceptors (Lipinski definition) is 5. The van der Waals surface area contributed by atoms with Crippen molar-refractivity contribution in [1.29, 1.82) is 0 Å². The van der Waals surface area contributed by atoms with Crippen LogP contribution in [0.3, 0.4) is 0 Å². The number of aliphatic hydroxyl groups excluding tert-OH is 2. The minimum Gasteiger partial charge on any atom is -0.394 e. The smallest absolute Gasteiger partial charge is 0.237 e. The van der Waals surface area contributed by atoms with Crippen LogP contribution in [0.15, 0.2) is 0 Å². The molecular formula is C20H42ClN3O4. The summed E-state index contributed by atoms with van der Waals surface area (Å²) in [4.78, 5) is 24.6. The van der Waals surface area contributed by atoms with Crippen molar-refractivity contribution in [2.75, 3.05) is 6.61 Å². The van der Waals surface area contributed by atoms with Gasteiger partial charge in [-0.15, -0.1) is 12.4 Å². The van der Waals surface area contributed by atoms with Crippen LogP contribution < -0.4 is 16.4 Å². The monoisotopic (exact) mass is 423 g/mol. The summed E-state index contributed by atoms with van der Waals surface area (Å²) in [6, 6.07) is -1.48. The number of unbranched alkanes of at least 4 members (excludes halogenated alkanes) is 1. The fourth-order valence-electron chi connectivity index (χ4n) is 2.92. The summed E-state index contributed by atoms with van der Waals surface area (Å²) < 4.78 is 0. The van der Waals surface area contributed by atoms with E-state index in [1.54, 1.807) is 0 Å². The minimum absolute atomic E-state index is 0. The van der Waals surface area contributed by atoms with E-state index in [9.17, 15) is 19.8 Å². The third-order valence-corrected chi connectivity index (χ3v) is 4.99. The van der Waals surface area contributed by atoms with Crippen LogP contribution in [-0.2, 0) is 9.59 Å². The second-order valence-corrected chi connectivity index (χ2v) is 8.01. The number of rotatable bonds is 14. The van der Waals surface area contributed by atoms with E-state index >= 15 is 0 Å². The fourth-order valence-corrected chi connectivity index (χ4v) is 2.92. The summed E-state index contributed by atoms with van der Waals surface area (Å²) in [6.45, 7) is 9.83. The van der Waals surface area contributed by atoms with Crippen LogP contribution in [-0.4, -0.2) is 52.9 Å². The Morgan fingerprint density at radius 2 is 1.68 bits per heavy atom. The van der Waals surface area contributed by atoms with Gasteiger partial charge in [0.1, 0.15) is 0 Å². The molecule has 0 bridgehead atoms. The van der Waals surface area contributed by atoms with Gasteiger partial charge in [-0.05, 0) is 24.7 Å². The summed E-state index contributed by atoms with van der Waals surface area (Å²) in [5, 5.41) is 25.6. The molecule has 0 aliphatic carbocycles. The molecule has 4 unspecified atom stereocenters. The molecule has 8 heteroatoms. The van der Waals surface area contributed by atoms with Crippen molar-refractivity contribution in [3.8, 4) is 0 Å². The Bertz CT molecular complexity index is 438. The highest BCUT2D eigenvalue weighted by atomic mass is 35.5. The van der Waals surface area contributed by atoms with Crippen molar-refractivity contribution in [3.05, 3.63) is 0 Å². The zero-order valence-electron chi connectivity index (χ0n) is 18.1. The first-order chi connectivity index (χ1) is 12.7. The number of nitrogens with two attached hydrogens (primary N) is 1. The summed E-state index contributed by atoms with van der Waals surface area (Å²) in [5.74, 6) is -0.245. The number of aliphatic hydroxyl groups is 2. The van der Waals surface area contributed by atoms with Crippen molar-refractivity contribution in [3.63, 3.8) is 0 Å². The average molecular weight is 424 g/mol. The Morgan fingerprint density at radius 3 is 2.14 bits per heavy atom. The first kappa shape index (κ1) is 29.3. The van der Waals surface area contributed by atoms with E-state index in [0.717, 1.165) is 19.3 Å². The first-order valence-corrected chi connectivity index (χ1v) is 10.3. The quantitative estimate of drug-likeness (QED) is 0.291. The lowest BCUT2D eigenvalue weighted by Gasteiger charge is -2.28. The molecule has 0 saturated carbocycles. The van der Waals surface area contributed by atoms with Crippen LogP contribution in [0.4, 0.5) is 0 Å². The van der Waals surface area contributed by atoms with Crippen LogP contribution in [0.2, 0.25) is 0 Å². The number of amides is 2. The molecule has 2 amide bonds. The van der Waals surface area contributed by atoms with E-state index in [4.69, 9.17) is 5.73 Å². The van der Waals surface area contributed by atoms with Gasteiger partial charge in [0, 0.05) is 0 Å². The molecular weight excluding hydrogens is 382 g/mol. The van der Waals surface area contributed by atoms with E-state index in [1.807, 2.05) is 34.6 Å². The minimum atomic E-state index is -1.01. The topological polar surface area (TPSA) is 125 Å². The predicted octanol–water partition coefficient (Wildman–Crippen LogP) is 1.73. The number of nitrogens with one attached hydrogen (secondary N) is 2. The van der Waals surface area contributed by atoms with Gasteiger partial charge >= 0.3 is 0 Å². The molecule has 0 aliphatic heterocycles. The molecule has 0 rings (SSSR count). The zero-order valence-corrected chi connectivity index (χ0v) is 18.9. The predicted molar refractivity (Wildman–Crippen MR) is 115 cm³/mol. The van der Waals surface area contributed by atoms with Crippen LogP contribution in [0.5, 0.6) is 0 Å². The lowest BCUT2D eigenvalue weighted by atomic mass is 9.95. The Hall–Kier alpha value is -0.890. The lowest BCUT2D eigenvalue weighted by molar-refractivity contribution is -0.128. The zero-order chi connectivity index (χ0) is 21.0. The van der Waals surface area contributed by atoms with Crippen LogP contribution in [0.25, 0.3) is 0 Å². The maximum absolute atomic E-state index is 12.3. The molecule has 0 aromatic heterocycles. The number of carbonyl (C=O) groups excluding carboxylic acids is 2. The maximum Gasteiger partial charge on any atom is 0.237 e. The molecule has 0 radical (unpaired) electrons. The Kier molecular flexibility index (Phi) is 16.7. The Balaban J connectivity index is 0. The highest BCUT2D eigenvalue weighted by Crippen LogP contribution is 2.13. The van der Waals surface area contributed by atoms with Gasteiger partial charge in [-0.3, -0.25) is 9.59 Å². The Labute approximate surface area is 176 Å². The van der Waals surface area contributed by atoms with E-state index in [-0.39, 0.29) is 55.1 Å². The molecule has 5 atom stereocenters. The van der Waals surface area contributed by atoms with Crippen molar-refractivity contribution >= 4 is 24.2 Å². The third-order valence-electron chi connectivity index (χ3n) is 4.99. The first-order valence-electron chi connectivity index (χ1n) is 10.3. The molecule has 0 saturated heterocycles. The molecule has 28 heavy (non-hydrogen) atoms. The molecule has 7 nitrogen and oxygen atoms in total. The second-order valence-electron chi connectivity index (χ2n) is 8.01. The van der Waals surface area contributed by atoms with Crippen molar-refractivity contribution < 1.29 is 19.8 Å². The standard InChI is InChI=1S/C20H41N3O4.ClH/c1-6-8-9-15(21)20(27)23-16(10-13(3)4)18(25)11-19(26)22-17(12-24)14(5)7-2;/h13-18,24-25H,6-12,21H2,1-5H3,(H,22,26)(H,23,27);1H/t14?,15?,16?,17-,18?;/m1./s1. The number of hydrogen-bond donors (Lipinski definition) is 5. The SMILES string of the molecule is CCCCC(N)C(=O)NC(CC(C)C)C(O)CC(=O)N[C@H](CO)C(C)CC.Cl. The molecule has 0 spiro atoms. The van der Waals surface area contributed by atoms with Crippen LogP contribution >= 0.6 is 12.4 Å². The van der Waals surface area contributed by atoms with Crippen LogP contribution in [0, 0.1) is 11.8 Å². The summed E-state index contributed by atoms with van der Waals surface area (Å²) in [7, 11) is 0. The van der Waals surface area contributed by atoms with E-state index in [2.05, 4.69) is 10.6 Å². The van der Waals surface area contributed by atoms with Gasteiger partial charge in [-0.25, -0.2) is 0 Å². The summed E-state index contributed by atoms with van der Waals surface area (Å²) in [5.41, 5.74) is 5.92. The van der Waals surface area contributed by atoms with Gasteiger partial charge in [-0.1, -0.05) is 53.9 Å². The van der Waals surface area contributed by atoms with Gasteiger partial charge < -0.3 is 26.6 Å². The lowest BCUT2D eigenvalue weighted by Crippen LogP contribution is -2.52. The fraction of sp³-hybridized carbons (Fsp3) is 0.900. The van der Waals surface area contributed by atoms with Gasteiger partial charge in [0.05, 0.1) is 37.3 Å². The van der Waals surface area contributed by atoms with Crippen molar-refractivity contribution in [2.45, 2.75) is 97.4 Å². The van der Waals surface area contributed by atoms with E-state index in [1.165, 1.54) is 0 Å². The molecule has 0 aliphatic rings. The second kappa shape index (κ2) is 16.0. The van der Waals surface area contributed by atoms with Crippen molar-refractivity contribution in [2.24, 2.45) is 17.6 Å². The van der Waals surface area contributed by atoms with E-state index in [0.29, 0.717) is 12.8 Å². The summed E-state index contributed by atoms with van der Waals surface area (Å²) >= 11 is 0. The normalized spacial score (nSPS) is 16.5. The van der Waals surface area contributed by atoms with Gasteiger partial charge in [0.15, 0.2) is 0 Å². The largest absolute Gasteiger partial charge is 0.394 e. The number of carbonyl (C=O) groups is 2. The number of halogens is 1. The Morgan fingerprint density at radius 1 is 1.07 bits per heavy atom. The average Bonchev–Trinajstić information content (AvgIpc) is 2.62. The third kappa shape index (κ3) is 11.8. The van der Waals surface area contributed by atoms with Crippen molar-refractivity contribution in [1.82, 2.24) is 10.6 Å². The highest BCUT2D eigenvalue weighted by molar-refractivity contribution is 5.85. The molecule has 6 N–H and O–H groups in total. The molecule has 0 fully saturated rings. The summed E-state index contributed by atoms with van der Waals surface area (Å²) in [6.07, 6.45) is 2.67. The molecule has 0 aromatic carbocycles. The maximum atomic E-state index is 12.3. The van der Waals surface area contributed by atoms with Gasteiger partial charge in [-0.2, -0.15) is 0 Å². The molecule has 0 heterocycles. The van der Waals surface area contributed by atoms with Crippen LogP contribution in [0.1, 0.15) is 73.1 Å². The highest BCUT2D eigenvalue weighted by Gasteiger charge is 2.27. The molecule has 0 aromatic rings. The van der Waals surface area contributed by atoms with Gasteiger partial charge in [0.25, 0.3) is 0 Å². The van der Waals surface area contributed by atoms with Gasteiger partial charge in [0.2, 0.25) is 11.8 Å². The molecule has 168 valence electrons.